The van der Waals surface area contributed by atoms with Gasteiger partial charge in [-0.15, -0.1) is 5.10 Å². The van der Waals surface area contributed by atoms with E-state index in [9.17, 15) is 19.7 Å². The van der Waals surface area contributed by atoms with Gasteiger partial charge in [-0.1, -0.05) is 17.3 Å². The molecule has 0 aliphatic heterocycles. The lowest BCUT2D eigenvalue weighted by Crippen LogP contribution is -2.19. The van der Waals surface area contributed by atoms with Crippen LogP contribution in [0.5, 0.6) is 0 Å². The summed E-state index contributed by atoms with van der Waals surface area (Å²) < 4.78 is 5.74. The normalized spacial score (nSPS) is 10.9. The molecule has 0 radical (unpaired) electrons. The molecule has 4 N–H and O–H groups in total. The smallest absolute Gasteiger partial charge is 0.294 e. The van der Waals surface area contributed by atoms with Gasteiger partial charge in [-0.25, -0.2) is 10.1 Å². The van der Waals surface area contributed by atoms with Gasteiger partial charge in [0.05, 0.1) is 11.1 Å². The molecule has 4 rings (SSSR count). The Morgan fingerprint density at radius 1 is 1.14 bits per heavy atom. The maximum Gasteiger partial charge on any atom is 0.294 e. The van der Waals surface area contributed by atoms with Crippen LogP contribution < -0.4 is 16.5 Å². The van der Waals surface area contributed by atoms with Gasteiger partial charge in [0.15, 0.2) is 5.69 Å². The number of nitrogen functional groups attached to an aromatic ring is 1. The molecule has 0 atom stereocenters. The first kappa shape index (κ1) is 22.7. The number of carbonyl (C=O) groups excluding carboxylic acids is 2. The Morgan fingerprint density at radius 3 is 2.46 bits per heavy atom. The number of hydrogen-bond donors (Lipinski definition) is 3. The van der Waals surface area contributed by atoms with Crippen molar-refractivity contribution in [3.8, 4) is 17.1 Å². The summed E-state index contributed by atoms with van der Waals surface area (Å²) >= 11 is 0. The van der Waals surface area contributed by atoms with Crippen molar-refractivity contribution in [2.24, 2.45) is 5.10 Å². The zero-order chi connectivity index (χ0) is 24.9. The molecule has 0 spiro atoms. The monoisotopic (exact) mass is 476 g/mol. The SMILES string of the molecule is CC(=O)Nc1ccc(/C=N/NC(=O)c2nnn(-c3nonc3N)c2-c2ccc([N+](=O)[O-])cc2)cc1. The van der Waals surface area contributed by atoms with Crippen molar-refractivity contribution in [3.05, 3.63) is 69.9 Å². The van der Waals surface area contributed by atoms with E-state index in [1.54, 1.807) is 24.3 Å². The van der Waals surface area contributed by atoms with Crippen LogP contribution in [0.4, 0.5) is 17.2 Å². The predicted molar refractivity (Wildman–Crippen MR) is 122 cm³/mol. The molecule has 2 heterocycles. The van der Waals surface area contributed by atoms with E-state index in [0.717, 1.165) is 4.68 Å². The average Bonchev–Trinajstić information content (AvgIpc) is 3.45. The van der Waals surface area contributed by atoms with E-state index in [0.29, 0.717) is 16.8 Å². The fourth-order valence-corrected chi connectivity index (χ4v) is 3.00. The highest BCUT2D eigenvalue weighted by atomic mass is 16.6. The standard InChI is InChI=1S/C20H16N10O5/c1-11(31)23-14-6-2-12(3-7-14)10-22-25-20(32)16-17(13-4-8-15(9-5-13)30(33)34)29(28-24-16)19-18(21)26-35-27-19/h2-10H,1H3,(H2,21,26)(H,23,31)(H,25,32)/b22-10+. The van der Waals surface area contributed by atoms with Crippen molar-refractivity contribution in [1.82, 2.24) is 30.7 Å². The largest absolute Gasteiger partial charge is 0.378 e. The Kier molecular flexibility index (Phi) is 6.21. The maximum absolute atomic E-state index is 12.9. The molecule has 2 aromatic heterocycles. The number of nitrogens with two attached hydrogens (primary N) is 1. The van der Waals surface area contributed by atoms with Crippen molar-refractivity contribution in [1.29, 1.82) is 0 Å². The number of nitrogens with zero attached hydrogens (tertiary/aromatic N) is 7. The van der Waals surface area contributed by atoms with Crippen LogP contribution in [0.25, 0.3) is 17.1 Å². The van der Waals surface area contributed by atoms with Crippen LogP contribution in [0.1, 0.15) is 23.0 Å². The summed E-state index contributed by atoms with van der Waals surface area (Å²) in [4.78, 5) is 34.4. The lowest BCUT2D eigenvalue weighted by Gasteiger charge is -2.05. The second kappa shape index (κ2) is 9.57. The molecule has 0 bridgehead atoms. The molecular formula is C20H16N10O5. The van der Waals surface area contributed by atoms with Gasteiger partial charge in [0.2, 0.25) is 17.5 Å². The highest BCUT2D eigenvalue weighted by molar-refractivity contribution is 5.99. The highest BCUT2D eigenvalue weighted by Gasteiger charge is 2.25. The van der Waals surface area contributed by atoms with E-state index in [1.807, 2.05) is 0 Å². The second-order valence-electron chi connectivity index (χ2n) is 6.98. The number of hydrogen-bond acceptors (Lipinski definition) is 11. The molecule has 176 valence electrons. The highest BCUT2D eigenvalue weighted by Crippen LogP contribution is 2.28. The van der Waals surface area contributed by atoms with Crippen molar-refractivity contribution >= 4 is 35.2 Å². The first-order valence-electron chi connectivity index (χ1n) is 9.83. The van der Waals surface area contributed by atoms with Crippen LogP contribution >= 0.6 is 0 Å². The molecule has 2 amide bonds. The lowest BCUT2D eigenvalue weighted by atomic mass is 10.1. The zero-order valence-corrected chi connectivity index (χ0v) is 17.9. The quantitative estimate of drug-likeness (QED) is 0.199. The van der Waals surface area contributed by atoms with Gasteiger partial charge in [-0.3, -0.25) is 19.7 Å². The minimum absolute atomic E-state index is 0.0207. The van der Waals surface area contributed by atoms with Crippen molar-refractivity contribution in [3.63, 3.8) is 0 Å². The number of benzene rings is 2. The number of nitro benzene ring substituents is 1. The summed E-state index contributed by atoms with van der Waals surface area (Å²) in [5.41, 5.74) is 9.58. The van der Waals surface area contributed by atoms with Crippen LogP contribution in [0.3, 0.4) is 0 Å². The van der Waals surface area contributed by atoms with Gasteiger partial charge in [-0.05, 0) is 40.1 Å². The molecule has 0 fully saturated rings. The third-order valence-electron chi connectivity index (χ3n) is 4.54. The van der Waals surface area contributed by atoms with Gasteiger partial charge in [-0.2, -0.15) is 9.78 Å². The zero-order valence-electron chi connectivity index (χ0n) is 17.9. The first-order valence-corrected chi connectivity index (χ1v) is 9.83. The lowest BCUT2D eigenvalue weighted by molar-refractivity contribution is -0.384. The van der Waals surface area contributed by atoms with Gasteiger partial charge in [0, 0.05) is 30.3 Å². The summed E-state index contributed by atoms with van der Waals surface area (Å²) in [6.45, 7) is 1.40. The third-order valence-corrected chi connectivity index (χ3v) is 4.54. The number of non-ortho nitro benzene ring substituents is 1. The summed E-state index contributed by atoms with van der Waals surface area (Å²) in [5, 5.41) is 32.5. The molecule has 0 saturated carbocycles. The number of anilines is 2. The van der Waals surface area contributed by atoms with E-state index in [1.165, 1.54) is 37.4 Å². The summed E-state index contributed by atoms with van der Waals surface area (Å²) in [6.07, 6.45) is 1.39. The molecule has 35 heavy (non-hydrogen) atoms. The Bertz CT molecular complexity index is 1420. The number of rotatable bonds is 7. The number of aromatic nitrogens is 5. The molecule has 0 unspecified atom stereocenters. The Hall–Kier alpha value is -5.47. The Labute approximate surface area is 195 Å². The van der Waals surface area contributed by atoms with Crippen molar-refractivity contribution in [2.75, 3.05) is 11.1 Å². The molecule has 15 heteroatoms. The minimum atomic E-state index is -0.717. The van der Waals surface area contributed by atoms with Gasteiger partial charge in [0.1, 0.15) is 5.69 Å². The fourth-order valence-electron chi connectivity index (χ4n) is 3.00. The molecule has 0 aliphatic carbocycles. The minimum Gasteiger partial charge on any atom is -0.378 e. The van der Waals surface area contributed by atoms with E-state index < -0.39 is 10.8 Å². The van der Waals surface area contributed by atoms with Crippen molar-refractivity contribution in [2.45, 2.75) is 6.92 Å². The molecular weight excluding hydrogens is 460 g/mol. The number of carbonyl (C=O) groups is 2. The van der Waals surface area contributed by atoms with Crippen LogP contribution in [-0.4, -0.2) is 48.3 Å². The van der Waals surface area contributed by atoms with Crippen molar-refractivity contribution < 1.29 is 19.1 Å². The molecule has 0 aliphatic rings. The summed E-state index contributed by atoms with van der Waals surface area (Å²) in [7, 11) is 0. The number of amides is 2. The summed E-state index contributed by atoms with van der Waals surface area (Å²) in [6, 6.07) is 12.1. The average molecular weight is 476 g/mol. The molecule has 4 aromatic rings. The Balaban J connectivity index is 1.61. The topological polar surface area (TPSA) is 209 Å². The fraction of sp³-hybridized carbons (Fsp3) is 0.0500. The van der Waals surface area contributed by atoms with E-state index in [-0.39, 0.29) is 34.6 Å². The van der Waals surface area contributed by atoms with Gasteiger partial charge < -0.3 is 11.1 Å². The van der Waals surface area contributed by atoms with Crippen LogP contribution in [-0.2, 0) is 4.79 Å². The number of hydrazone groups is 1. The van der Waals surface area contributed by atoms with Crippen LogP contribution in [0, 0.1) is 10.1 Å². The number of nitrogens with one attached hydrogen (secondary N) is 2. The number of nitro groups is 1. The van der Waals surface area contributed by atoms with Crippen LogP contribution in [0.15, 0.2) is 58.3 Å². The maximum atomic E-state index is 12.9. The Morgan fingerprint density at radius 2 is 1.86 bits per heavy atom. The predicted octanol–water partition coefficient (Wildman–Crippen LogP) is 1.53. The van der Waals surface area contributed by atoms with Gasteiger partial charge >= 0.3 is 0 Å². The van der Waals surface area contributed by atoms with Crippen LogP contribution in [0.2, 0.25) is 0 Å². The van der Waals surface area contributed by atoms with E-state index in [2.05, 4.69) is 41.1 Å². The summed E-state index contributed by atoms with van der Waals surface area (Å²) in [5.74, 6) is -1.04. The second-order valence-corrected chi connectivity index (χ2v) is 6.98. The van der Waals surface area contributed by atoms with E-state index >= 15 is 0 Å². The first-order chi connectivity index (χ1) is 16.8. The molecule has 15 nitrogen and oxygen atoms in total. The molecule has 0 saturated heterocycles. The third kappa shape index (κ3) is 4.98. The van der Waals surface area contributed by atoms with Gasteiger partial charge in [0.25, 0.3) is 11.6 Å². The van der Waals surface area contributed by atoms with E-state index in [4.69, 9.17) is 5.73 Å². The molecule has 2 aromatic carbocycles.